The van der Waals surface area contributed by atoms with Crippen LogP contribution in [0.4, 0.5) is 0 Å². The van der Waals surface area contributed by atoms with E-state index >= 15 is 0 Å². The molecule has 1 unspecified atom stereocenters. The Hall–Kier alpha value is -1.55. The fourth-order valence-electron chi connectivity index (χ4n) is 1.56. The molecule has 2 N–H and O–H groups in total. The first-order valence-electron chi connectivity index (χ1n) is 6.67. The number of rotatable bonds is 7. The van der Waals surface area contributed by atoms with Crippen molar-refractivity contribution in [2.24, 2.45) is 5.92 Å². The van der Waals surface area contributed by atoms with Gasteiger partial charge in [0.1, 0.15) is 5.75 Å². The van der Waals surface area contributed by atoms with Gasteiger partial charge in [-0.05, 0) is 30.5 Å². The van der Waals surface area contributed by atoms with Crippen molar-refractivity contribution in [3.63, 3.8) is 0 Å². The van der Waals surface area contributed by atoms with Gasteiger partial charge >= 0.3 is 0 Å². The van der Waals surface area contributed by atoms with Gasteiger partial charge in [-0.3, -0.25) is 4.79 Å². The Labute approximate surface area is 115 Å². The quantitative estimate of drug-likeness (QED) is 0.791. The average molecular weight is 264 g/mol. The Bertz CT molecular complexity index is 388. The smallest absolute Gasteiger partial charge is 0.236 e. The fourth-order valence-corrected chi connectivity index (χ4v) is 1.56. The molecule has 106 valence electrons. The largest absolute Gasteiger partial charge is 0.497 e. The average Bonchev–Trinajstić information content (AvgIpc) is 2.42. The Morgan fingerprint density at radius 2 is 1.84 bits per heavy atom. The molecule has 0 heterocycles. The summed E-state index contributed by atoms with van der Waals surface area (Å²) in [5.41, 5.74) is 1.13. The SMILES string of the molecule is COc1ccc(CNC(C)C(=O)NCC(C)C)cc1. The van der Waals surface area contributed by atoms with Gasteiger partial charge in [0.15, 0.2) is 0 Å². The van der Waals surface area contributed by atoms with Gasteiger partial charge in [-0.2, -0.15) is 0 Å². The van der Waals surface area contributed by atoms with Crippen LogP contribution in [0.2, 0.25) is 0 Å². The van der Waals surface area contributed by atoms with Crippen LogP contribution >= 0.6 is 0 Å². The molecule has 0 radical (unpaired) electrons. The van der Waals surface area contributed by atoms with Crippen molar-refractivity contribution in [1.29, 1.82) is 0 Å². The van der Waals surface area contributed by atoms with Crippen LogP contribution in [0.25, 0.3) is 0 Å². The molecule has 19 heavy (non-hydrogen) atoms. The van der Waals surface area contributed by atoms with Gasteiger partial charge in [0, 0.05) is 13.1 Å². The minimum atomic E-state index is -0.194. The first-order valence-corrected chi connectivity index (χ1v) is 6.67. The van der Waals surface area contributed by atoms with E-state index in [-0.39, 0.29) is 11.9 Å². The van der Waals surface area contributed by atoms with Gasteiger partial charge in [-0.25, -0.2) is 0 Å². The Balaban J connectivity index is 2.36. The Morgan fingerprint density at radius 1 is 1.21 bits per heavy atom. The van der Waals surface area contributed by atoms with Crippen LogP contribution in [0.1, 0.15) is 26.3 Å². The number of methoxy groups -OCH3 is 1. The molecule has 1 aromatic rings. The van der Waals surface area contributed by atoms with Crippen LogP contribution in [-0.4, -0.2) is 25.6 Å². The molecule has 0 aliphatic rings. The molecule has 0 bridgehead atoms. The summed E-state index contributed by atoms with van der Waals surface area (Å²) in [7, 11) is 1.65. The maximum absolute atomic E-state index is 11.8. The lowest BCUT2D eigenvalue weighted by Gasteiger charge is -2.15. The predicted octanol–water partition coefficient (Wildman–Crippen LogP) is 1.95. The van der Waals surface area contributed by atoms with Crippen molar-refractivity contribution < 1.29 is 9.53 Å². The molecule has 0 fully saturated rings. The van der Waals surface area contributed by atoms with Gasteiger partial charge in [0.2, 0.25) is 5.91 Å². The first-order chi connectivity index (χ1) is 9.02. The lowest BCUT2D eigenvalue weighted by atomic mass is 10.2. The van der Waals surface area contributed by atoms with Gasteiger partial charge in [0.05, 0.1) is 13.2 Å². The van der Waals surface area contributed by atoms with Crippen LogP contribution in [0.15, 0.2) is 24.3 Å². The number of benzene rings is 1. The normalized spacial score (nSPS) is 12.3. The van der Waals surface area contributed by atoms with Crippen LogP contribution in [0.5, 0.6) is 5.75 Å². The van der Waals surface area contributed by atoms with E-state index in [4.69, 9.17) is 4.74 Å². The monoisotopic (exact) mass is 264 g/mol. The standard InChI is InChI=1S/C15H24N2O2/c1-11(2)9-17-15(18)12(3)16-10-13-5-7-14(19-4)8-6-13/h5-8,11-12,16H,9-10H2,1-4H3,(H,17,18). The molecular weight excluding hydrogens is 240 g/mol. The van der Waals surface area contributed by atoms with Crippen molar-refractivity contribution in [3.8, 4) is 5.75 Å². The molecule has 1 atom stereocenters. The summed E-state index contributed by atoms with van der Waals surface area (Å²) in [6.45, 7) is 7.41. The molecule has 0 aliphatic heterocycles. The van der Waals surface area contributed by atoms with E-state index in [9.17, 15) is 4.79 Å². The summed E-state index contributed by atoms with van der Waals surface area (Å²) in [4.78, 5) is 11.8. The number of nitrogens with one attached hydrogen (secondary N) is 2. The zero-order valence-electron chi connectivity index (χ0n) is 12.2. The first kappa shape index (κ1) is 15.5. The van der Waals surface area contributed by atoms with Crippen LogP contribution in [0.3, 0.4) is 0 Å². The fraction of sp³-hybridized carbons (Fsp3) is 0.533. The third-order valence-corrected chi connectivity index (χ3v) is 2.85. The highest BCUT2D eigenvalue weighted by atomic mass is 16.5. The molecule has 0 spiro atoms. The third kappa shape index (κ3) is 5.75. The van der Waals surface area contributed by atoms with E-state index in [0.29, 0.717) is 19.0 Å². The predicted molar refractivity (Wildman–Crippen MR) is 77.1 cm³/mol. The lowest BCUT2D eigenvalue weighted by molar-refractivity contribution is -0.122. The highest BCUT2D eigenvalue weighted by Crippen LogP contribution is 2.11. The lowest BCUT2D eigenvalue weighted by Crippen LogP contribution is -2.42. The molecule has 0 aliphatic carbocycles. The molecule has 0 saturated carbocycles. The summed E-state index contributed by atoms with van der Waals surface area (Å²) >= 11 is 0. The molecule has 4 heteroatoms. The van der Waals surface area contributed by atoms with Crippen molar-refractivity contribution in [3.05, 3.63) is 29.8 Å². The molecule has 0 aromatic heterocycles. The molecule has 4 nitrogen and oxygen atoms in total. The van der Waals surface area contributed by atoms with Crippen LogP contribution in [0, 0.1) is 5.92 Å². The zero-order valence-corrected chi connectivity index (χ0v) is 12.2. The second-order valence-corrected chi connectivity index (χ2v) is 5.09. The molecule has 1 amide bonds. The van der Waals surface area contributed by atoms with E-state index in [1.165, 1.54) is 0 Å². The topological polar surface area (TPSA) is 50.4 Å². The van der Waals surface area contributed by atoms with Crippen LogP contribution in [-0.2, 0) is 11.3 Å². The van der Waals surface area contributed by atoms with Crippen LogP contribution < -0.4 is 15.4 Å². The van der Waals surface area contributed by atoms with Gasteiger partial charge in [0.25, 0.3) is 0 Å². The zero-order chi connectivity index (χ0) is 14.3. The van der Waals surface area contributed by atoms with E-state index in [1.807, 2.05) is 31.2 Å². The van der Waals surface area contributed by atoms with Crippen molar-refractivity contribution in [1.82, 2.24) is 10.6 Å². The number of amides is 1. The van der Waals surface area contributed by atoms with Gasteiger partial charge < -0.3 is 15.4 Å². The maximum atomic E-state index is 11.8. The summed E-state index contributed by atoms with van der Waals surface area (Å²) in [5.74, 6) is 1.35. The third-order valence-electron chi connectivity index (χ3n) is 2.85. The highest BCUT2D eigenvalue weighted by molar-refractivity contribution is 5.81. The van der Waals surface area contributed by atoms with E-state index < -0.39 is 0 Å². The summed E-state index contributed by atoms with van der Waals surface area (Å²) < 4.78 is 5.10. The van der Waals surface area contributed by atoms with E-state index in [2.05, 4.69) is 24.5 Å². The Morgan fingerprint density at radius 3 is 2.37 bits per heavy atom. The summed E-state index contributed by atoms with van der Waals surface area (Å²) in [6, 6.07) is 7.62. The molecular formula is C15H24N2O2. The number of hydrogen-bond acceptors (Lipinski definition) is 3. The van der Waals surface area contributed by atoms with Crippen molar-refractivity contribution >= 4 is 5.91 Å². The van der Waals surface area contributed by atoms with E-state index in [0.717, 1.165) is 11.3 Å². The van der Waals surface area contributed by atoms with E-state index in [1.54, 1.807) is 7.11 Å². The number of hydrogen-bond donors (Lipinski definition) is 2. The second-order valence-electron chi connectivity index (χ2n) is 5.09. The van der Waals surface area contributed by atoms with Gasteiger partial charge in [-0.15, -0.1) is 0 Å². The minimum absolute atomic E-state index is 0.0437. The molecule has 1 rings (SSSR count). The summed E-state index contributed by atoms with van der Waals surface area (Å²) in [6.07, 6.45) is 0. The Kier molecular flexibility index (Phi) is 6.36. The van der Waals surface area contributed by atoms with Gasteiger partial charge in [-0.1, -0.05) is 26.0 Å². The van der Waals surface area contributed by atoms with Crippen molar-refractivity contribution in [2.45, 2.75) is 33.4 Å². The maximum Gasteiger partial charge on any atom is 0.236 e. The van der Waals surface area contributed by atoms with Crippen molar-refractivity contribution in [2.75, 3.05) is 13.7 Å². The molecule has 1 aromatic carbocycles. The molecule has 0 saturated heterocycles. The highest BCUT2D eigenvalue weighted by Gasteiger charge is 2.11. The number of carbonyl (C=O) groups excluding carboxylic acids is 1. The second kappa shape index (κ2) is 7.79. The number of carbonyl (C=O) groups is 1. The number of ether oxygens (including phenoxy) is 1. The summed E-state index contributed by atoms with van der Waals surface area (Å²) in [5, 5.41) is 6.12. The minimum Gasteiger partial charge on any atom is -0.497 e.